The van der Waals surface area contributed by atoms with Crippen LogP contribution in [-0.2, 0) is 0 Å². The summed E-state index contributed by atoms with van der Waals surface area (Å²) in [5.41, 5.74) is 2.84. The van der Waals surface area contributed by atoms with Gasteiger partial charge in [-0.05, 0) is 32.9 Å². The summed E-state index contributed by atoms with van der Waals surface area (Å²) in [4.78, 5) is 24.9. The Balaban J connectivity index is 1.54. The Labute approximate surface area is 152 Å². The molecule has 3 rings (SSSR count). The molecule has 0 aliphatic carbocycles. The molecule has 0 bridgehead atoms. The normalized spacial score (nSPS) is 10.6. The fraction of sp³-hybridized carbons (Fsp3) is 0.263. The number of aromatic nitrogens is 4. The molecule has 0 fully saturated rings. The summed E-state index contributed by atoms with van der Waals surface area (Å²) in [5, 5.41) is 6.11. The Bertz CT molecular complexity index is 898. The number of carbonyl (C=O) groups is 1. The van der Waals surface area contributed by atoms with Crippen molar-refractivity contribution in [2.75, 3.05) is 18.4 Å². The minimum atomic E-state index is -0.0731. The molecule has 2 aromatic heterocycles. The number of nitrogens with zero attached hydrogens (tertiary/aromatic N) is 4. The highest BCUT2D eigenvalue weighted by molar-refractivity contribution is 5.94. The molecule has 0 radical (unpaired) electrons. The van der Waals surface area contributed by atoms with Crippen molar-refractivity contribution in [2.45, 2.75) is 20.8 Å². The van der Waals surface area contributed by atoms with Crippen molar-refractivity contribution in [1.82, 2.24) is 24.8 Å². The molecule has 0 aliphatic rings. The van der Waals surface area contributed by atoms with Gasteiger partial charge in [-0.1, -0.05) is 17.2 Å². The van der Waals surface area contributed by atoms with Crippen molar-refractivity contribution in [3.8, 4) is 5.82 Å². The molecular weight excluding hydrogens is 328 g/mol. The highest BCUT2D eigenvalue weighted by Crippen LogP contribution is 2.11. The van der Waals surface area contributed by atoms with Crippen LogP contribution in [0.4, 0.5) is 5.82 Å². The van der Waals surface area contributed by atoms with Gasteiger partial charge in [0.15, 0.2) is 0 Å². The van der Waals surface area contributed by atoms with Gasteiger partial charge < -0.3 is 10.6 Å². The van der Waals surface area contributed by atoms with E-state index in [9.17, 15) is 4.79 Å². The van der Waals surface area contributed by atoms with Crippen molar-refractivity contribution >= 4 is 11.7 Å². The Hall–Kier alpha value is -3.22. The first-order valence-electron chi connectivity index (χ1n) is 8.45. The number of imidazole rings is 1. The Morgan fingerprint density at radius 3 is 2.46 bits per heavy atom. The summed E-state index contributed by atoms with van der Waals surface area (Å²) >= 11 is 0. The molecular formula is C19H22N6O. The van der Waals surface area contributed by atoms with Gasteiger partial charge in [0.25, 0.3) is 5.91 Å². The summed E-state index contributed by atoms with van der Waals surface area (Å²) in [6.45, 7) is 6.95. The minimum Gasteiger partial charge on any atom is -0.368 e. The molecule has 7 nitrogen and oxygen atoms in total. The van der Waals surface area contributed by atoms with E-state index in [0.29, 0.717) is 24.5 Å². The summed E-state index contributed by atoms with van der Waals surface area (Å²) in [6.07, 6.45) is 5.09. The van der Waals surface area contributed by atoms with Gasteiger partial charge >= 0.3 is 0 Å². The van der Waals surface area contributed by atoms with Crippen LogP contribution in [0.15, 0.2) is 43.0 Å². The first-order valence-corrected chi connectivity index (χ1v) is 8.45. The van der Waals surface area contributed by atoms with E-state index in [2.05, 4.69) is 25.6 Å². The third-order valence-corrected chi connectivity index (χ3v) is 3.93. The molecule has 0 saturated heterocycles. The van der Waals surface area contributed by atoms with Crippen molar-refractivity contribution in [1.29, 1.82) is 0 Å². The van der Waals surface area contributed by atoms with Crippen LogP contribution in [0.5, 0.6) is 0 Å². The molecule has 0 atom stereocenters. The van der Waals surface area contributed by atoms with E-state index in [1.54, 1.807) is 6.20 Å². The van der Waals surface area contributed by atoms with E-state index in [1.165, 1.54) is 6.33 Å². The van der Waals surface area contributed by atoms with Crippen LogP contribution in [0.25, 0.3) is 5.82 Å². The van der Waals surface area contributed by atoms with Gasteiger partial charge in [-0.2, -0.15) is 0 Å². The number of nitrogens with one attached hydrogen (secondary N) is 2. The number of amides is 1. The SMILES string of the molecule is Cc1cc(C)cc(C(=O)NCCNc2cc(-n3ccnc3C)ncn2)c1. The van der Waals surface area contributed by atoms with Crippen LogP contribution in [-0.4, -0.2) is 38.5 Å². The molecule has 26 heavy (non-hydrogen) atoms. The molecule has 2 heterocycles. The first-order chi connectivity index (χ1) is 12.5. The summed E-state index contributed by atoms with van der Waals surface area (Å²) < 4.78 is 1.88. The number of hydrogen-bond acceptors (Lipinski definition) is 5. The van der Waals surface area contributed by atoms with Gasteiger partial charge in [0.05, 0.1) is 0 Å². The Morgan fingerprint density at radius 1 is 1.00 bits per heavy atom. The lowest BCUT2D eigenvalue weighted by Gasteiger charge is -2.10. The predicted molar refractivity (Wildman–Crippen MR) is 101 cm³/mol. The molecule has 3 aromatic rings. The fourth-order valence-corrected chi connectivity index (χ4v) is 2.77. The van der Waals surface area contributed by atoms with Crippen molar-refractivity contribution < 1.29 is 4.79 Å². The Kier molecular flexibility index (Phi) is 5.26. The van der Waals surface area contributed by atoms with Crippen LogP contribution in [0.3, 0.4) is 0 Å². The average molecular weight is 350 g/mol. The van der Waals surface area contributed by atoms with Crippen molar-refractivity contribution in [2.24, 2.45) is 0 Å². The second-order valence-corrected chi connectivity index (χ2v) is 6.16. The number of anilines is 1. The third kappa shape index (κ3) is 4.24. The maximum Gasteiger partial charge on any atom is 0.251 e. The zero-order valence-electron chi connectivity index (χ0n) is 15.2. The number of aryl methyl sites for hydroxylation is 3. The van der Waals surface area contributed by atoms with Crippen LogP contribution >= 0.6 is 0 Å². The Morgan fingerprint density at radius 2 is 1.77 bits per heavy atom. The molecule has 1 aromatic carbocycles. The van der Waals surface area contributed by atoms with Gasteiger partial charge in [0.1, 0.15) is 23.8 Å². The lowest BCUT2D eigenvalue weighted by Crippen LogP contribution is -2.29. The van der Waals surface area contributed by atoms with E-state index in [1.807, 2.05) is 55.8 Å². The zero-order chi connectivity index (χ0) is 18.5. The summed E-state index contributed by atoms with van der Waals surface area (Å²) in [7, 11) is 0. The van der Waals surface area contributed by atoms with Gasteiger partial charge in [0, 0.05) is 37.1 Å². The topological polar surface area (TPSA) is 84.7 Å². The van der Waals surface area contributed by atoms with Crippen LogP contribution in [0, 0.1) is 20.8 Å². The van der Waals surface area contributed by atoms with E-state index in [0.717, 1.165) is 22.8 Å². The highest BCUT2D eigenvalue weighted by atomic mass is 16.1. The molecule has 0 unspecified atom stereocenters. The predicted octanol–water partition coefficient (Wildman–Crippen LogP) is 2.43. The van der Waals surface area contributed by atoms with Crippen LogP contribution in [0.2, 0.25) is 0 Å². The maximum atomic E-state index is 12.2. The monoisotopic (exact) mass is 350 g/mol. The summed E-state index contributed by atoms with van der Waals surface area (Å²) in [5.74, 6) is 2.23. The quantitative estimate of drug-likeness (QED) is 0.667. The van der Waals surface area contributed by atoms with Crippen LogP contribution < -0.4 is 10.6 Å². The third-order valence-electron chi connectivity index (χ3n) is 3.93. The van der Waals surface area contributed by atoms with E-state index < -0.39 is 0 Å². The van der Waals surface area contributed by atoms with E-state index in [4.69, 9.17) is 0 Å². The van der Waals surface area contributed by atoms with Gasteiger partial charge in [-0.3, -0.25) is 9.36 Å². The van der Waals surface area contributed by atoms with Gasteiger partial charge in [-0.25, -0.2) is 15.0 Å². The highest BCUT2D eigenvalue weighted by Gasteiger charge is 2.07. The molecule has 0 saturated carbocycles. The van der Waals surface area contributed by atoms with E-state index >= 15 is 0 Å². The number of hydrogen-bond donors (Lipinski definition) is 2. The molecule has 0 spiro atoms. The van der Waals surface area contributed by atoms with Gasteiger partial charge in [0.2, 0.25) is 0 Å². The standard InChI is InChI=1S/C19H22N6O/c1-13-8-14(2)10-16(9-13)19(26)22-5-4-21-17-11-18(24-12-23-17)25-7-6-20-15(25)3/h6-12H,4-5H2,1-3H3,(H,22,26)(H,21,23,24). The number of carbonyl (C=O) groups excluding carboxylic acids is 1. The largest absolute Gasteiger partial charge is 0.368 e. The van der Waals surface area contributed by atoms with Gasteiger partial charge in [-0.15, -0.1) is 0 Å². The average Bonchev–Trinajstić information content (AvgIpc) is 3.04. The molecule has 7 heteroatoms. The van der Waals surface area contributed by atoms with E-state index in [-0.39, 0.29) is 5.91 Å². The zero-order valence-corrected chi connectivity index (χ0v) is 15.2. The van der Waals surface area contributed by atoms with Crippen molar-refractivity contribution in [3.63, 3.8) is 0 Å². The summed E-state index contributed by atoms with van der Waals surface area (Å²) in [6, 6.07) is 7.67. The van der Waals surface area contributed by atoms with Crippen LogP contribution in [0.1, 0.15) is 27.3 Å². The molecule has 134 valence electrons. The maximum absolute atomic E-state index is 12.2. The second kappa shape index (κ2) is 7.77. The second-order valence-electron chi connectivity index (χ2n) is 6.16. The lowest BCUT2D eigenvalue weighted by molar-refractivity contribution is 0.0955. The first kappa shape index (κ1) is 17.6. The number of rotatable bonds is 6. The lowest BCUT2D eigenvalue weighted by atomic mass is 10.1. The van der Waals surface area contributed by atoms with Crippen molar-refractivity contribution in [3.05, 3.63) is 65.5 Å². The molecule has 2 N–H and O–H groups in total. The smallest absolute Gasteiger partial charge is 0.251 e. The minimum absolute atomic E-state index is 0.0731. The molecule has 1 amide bonds. The molecule has 0 aliphatic heterocycles. The fourth-order valence-electron chi connectivity index (χ4n) is 2.77. The number of benzene rings is 1.